The van der Waals surface area contributed by atoms with E-state index in [-0.39, 0.29) is 5.75 Å². The summed E-state index contributed by atoms with van der Waals surface area (Å²) in [4.78, 5) is 0. The fraction of sp³-hybridized carbons (Fsp3) is 0.133. The van der Waals surface area contributed by atoms with Gasteiger partial charge in [-0.3, -0.25) is 5.10 Å². The van der Waals surface area contributed by atoms with Crippen molar-refractivity contribution in [2.75, 3.05) is 14.2 Å². The van der Waals surface area contributed by atoms with Crippen LogP contribution in [0.15, 0.2) is 36.5 Å². The molecule has 0 radical (unpaired) electrons. The first-order valence-corrected chi connectivity index (χ1v) is 6.08. The minimum absolute atomic E-state index is 0.157. The van der Waals surface area contributed by atoms with E-state index in [1.807, 2.05) is 18.2 Å². The van der Waals surface area contributed by atoms with Crippen LogP contribution in [0, 0.1) is 5.82 Å². The third kappa shape index (κ3) is 1.97. The number of aromatic nitrogens is 2. The number of methoxy groups -OCH3 is 2. The van der Waals surface area contributed by atoms with Crippen molar-refractivity contribution in [3.63, 3.8) is 0 Å². The molecular formula is C15H13FN2O2. The van der Waals surface area contributed by atoms with Crippen molar-refractivity contribution in [3.05, 3.63) is 42.3 Å². The van der Waals surface area contributed by atoms with Crippen molar-refractivity contribution in [1.82, 2.24) is 10.2 Å². The zero-order valence-corrected chi connectivity index (χ0v) is 11.1. The fourth-order valence-corrected chi connectivity index (χ4v) is 2.15. The van der Waals surface area contributed by atoms with E-state index in [1.54, 1.807) is 12.3 Å². The van der Waals surface area contributed by atoms with Gasteiger partial charge in [-0.2, -0.15) is 5.10 Å². The summed E-state index contributed by atoms with van der Waals surface area (Å²) in [6.45, 7) is 0. The number of nitrogens with zero attached hydrogens (tertiary/aromatic N) is 1. The van der Waals surface area contributed by atoms with E-state index in [2.05, 4.69) is 10.2 Å². The highest BCUT2D eigenvalue weighted by atomic mass is 19.1. The van der Waals surface area contributed by atoms with Crippen LogP contribution in [0.5, 0.6) is 11.5 Å². The van der Waals surface area contributed by atoms with Crippen molar-refractivity contribution in [1.29, 1.82) is 0 Å². The lowest BCUT2D eigenvalue weighted by atomic mass is 10.0. The first-order valence-electron chi connectivity index (χ1n) is 6.08. The summed E-state index contributed by atoms with van der Waals surface area (Å²) in [5, 5.41) is 7.81. The van der Waals surface area contributed by atoms with Crippen LogP contribution < -0.4 is 9.47 Å². The molecular weight excluding hydrogens is 259 g/mol. The van der Waals surface area contributed by atoms with Gasteiger partial charge in [0.2, 0.25) is 0 Å². The highest BCUT2D eigenvalue weighted by Crippen LogP contribution is 2.34. The molecule has 3 rings (SSSR count). The number of ether oxygens (including phenoxy) is 2. The highest BCUT2D eigenvalue weighted by molar-refractivity contribution is 5.84. The van der Waals surface area contributed by atoms with Crippen molar-refractivity contribution in [2.24, 2.45) is 0 Å². The van der Waals surface area contributed by atoms with Crippen LogP contribution in [-0.2, 0) is 0 Å². The number of halogens is 1. The van der Waals surface area contributed by atoms with E-state index in [0.717, 1.165) is 16.5 Å². The molecule has 0 saturated carbocycles. The lowest BCUT2D eigenvalue weighted by Gasteiger charge is -2.10. The van der Waals surface area contributed by atoms with Gasteiger partial charge in [0.1, 0.15) is 5.75 Å². The lowest BCUT2D eigenvalue weighted by molar-refractivity contribution is 0.375. The Morgan fingerprint density at radius 1 is 1.10 bits per heavy atom. The number of hydrogen-bond donors (Lipinski definition) is 1. The summed E-state index contributed by atoms with van der Waals surface area (Å²) < 4.78 is 24.6. The fourth-order valence-electron chi connectivity index (χ4n) is 2.15. The topological polar surface area (TPSA) is 47.1 Å². The predicted molar refractivity (Wildman–Crippen MR) is 74.6 cm³/mol. The summed E-state index contributed by atoms with van der Waals surface area (Å²) in [5.41, 5.74) is 2.01. The molecule has 1 N–H and O–H groups in total. The zero-order chi connectivity index (χ0) is 14.1. The van der Waals surface area contributed by atoms with Gasteiger partial charge in [0.25, 0.3) is 0 Å². The summed E-state index contributed by atoms with van der Waals surface area (Å²) in [6.07, 6.45) is 1.72. The number of nitrogens with one attached hydrogen (secondary N) is 1. The van der Waals surface area contributed by atoms with Crippen LogP contribution in [0.2, 0.25) is 0 Å². The summed E-state index contributed by atoms with van der Waals surface area (Å²) in [5.74, 6) is 0.291. The van der Waals surface area contributed by atoms with E-state index in [4.69, 9.17) is 9.47 Å². The van der Waals surface area contributed by atoms with Gasteiger partial charge in [-0.1, -0.05) is 12.1 Å². The molecule has 0 atom stereocenters. The molecule has 0 spiro atoms. The van der Waals surface area contributed by atoms with Crippen LogP contribution in [0.4, 0.5) is 4.39 Å². The molecule has 0 unspecified atom stereocenters. The summed E-state index contributed by atoms with van der Waals surface area (Å²) >= 11 is 0. The Labute approximate surface area is 115 Å². The van der Waals surface area contributed by atoms with Gasteiger partial charge in [0, 0.05) is 17.0 Å². The summed E-state index contributed by atoms with van der Waals surface area (Å²) in [7, 11) is 2.97. The van der Waals surface area contributed by atoms with Gasteiger partial charge in [-0.15, -0.1) is 0 Å². The van der Waals surface area contributed by atoms with Crippen molar-refractivity contribution >= 4 is 10.9 Å². The molecule has 102 valence electrons. The molecule has 0 amide bonds. The molecule has 0 aliphatic rings. The van der Waals surface area contributed by atoms with Crippen molar-refractivity contribution in [3.8, 4) is 22.6 Å². The number of aromatic amines is 1. The molecule has 2 aromatic carbocycles. The number of fused-ring (bicyclic) bond motifs is 1. The van der Waals surface area contributed by atoms with Gasteiger partial charge in [-0.05, 0) is 17.7 Å². The maximum atomic E-state index is 14.4. The standard InChI is InChI=1S/C15H13FN2O2/c1-19-11-6-12(15(16)14(7-11)20-2)9-3-4-10-8-17-18-13(10)5-9/h3-8H,1-2H3,(H,17,18). The molecule has 1 aromatic heterocycles. The van der Waals surface area contributed by atoms with Crippen LogP contribution in [0.3, 0.4) is 0 Å². The summed E-state index contributed by atoms with van der Waals surface area (Å²) in [6, 6.07) is 8.75. The van der Waals surface area contributed by atoms with E-state index < -0.39 is 5.82 Å². The van der Waals surface area contributed by atoms with Gasteiger partial charge in [-0.25, -0.2) is 4.39 Å². The number of hydrogen-bond acceptors (Lipinski definition) is 3. The van der Waals surface area contributed by atoms with Gasteiger partial charge >= 0.3 is 0 Å². The second-order valence-electron chi connectivity index (χ2n) is 4.36. The quantitative estimate of drug-likeness (QED) is 0.795. The molecule has 0 saturated heterocycles. The zero-order valence-electron chi connectivity index (χ0n) is 11.1. The molecule has 0 aliphatic heterocycles. The Kier molecular flexibility index (Phi) is 3.02. The SMILES string of the molecule is COc1cc(OC)c(F)c(-c2ccc3cn[nH]c3c2)c1. The smallest absolute Gasteiger partial charge is 0.173 e. The highest BCUT2D eigenvalue weighted by Gasteiger charge is 2.14. The molecule has 0 fully saturated rings. The Hall–Kier alpha value is -2.56. The van der Waals surface area contributed by atoms with Gasteiger partial charge in [0.15, 0.2) is 11.6 Å². The van der Waals surface area contributed by atoms with Crippen LogP contribution in [0.25, 0.3) is 22.0 Å². The first-order chi connectivity index (χ1) is 9.72. The van der Waals surface area contributed by atoms with Crippen molar-refractivity contribution < 1.29 is 13.9 Å². The normalized spacial score (nSPS) is 10.8. The molecule has 20 heavy (non-hydrogen) atoms. The van der Waals surface area contributed by atoms with Gasteiger partial charge in [0.05, 0.1) is 25.9 Å². The van der Waals surface area contributed by atoms with Crippen molar-refractivity contribution in [2.45, 2.75) is 0 Å². The molecule has 0 aliphatic carbocycles. The average Bonchev–Trinajstić information content (AvgIpc) is 2.95. The largest absolute Gasteiger partial charge is 0.497 e. The molecule has 4 nitrogen and oxygen atoms in total. The molecule has 1 heterocycles. The lowest BCUT2D eigenvalue weighted by Crippen LogP contribution is -1.94. The Bertz CT molecular complexity index is 768. The Morgan fingerprint density at radius 3 is 2.70 bits per heavy atom. The third-order valence-corrected chi connectivity index (χ3v) is 3.22. The van der Waals surface area contributed by atoms with Crippen LogP contribution in [-0.4, -0.2) is 24.4 Å². The van der Waals surface area contributed by atoms with E-state index >= 15 is 0 Å². The second kappa shape index (κ2) is 4.85. The maximum absolute atomic E-state index is 14.4. The Balaban J connectivity index is 2.21. The molecule has 0 bridgehead atoms. The van der Waals surface area contributed by atoms with Crippen LogP contribution >= 0.6 is 0 Å². The molecule has 3 aromatic rings. The maximum Gasteiger partial charge on any atom is 0.173 e. The van der Waals surface area contributed by atoms with E-state index in [1.165, 1.54) is 20.3 Å². The average molecular weight is 272 g/mol. The number of H-pyrrole nitrogens is 1. The Morgan fingerprint density at radius 2 is 1.95 bits per heavy atom. The van der Waals surface area contributed by atoms with E-state index in [9.17, 15) is 4.39 Å². The third-order valence-electron chi connectivity index (χ3n) is 3.22. The van der Waals surface area contributed by atoms with Crippen LogP contribution in [0.1, 0.15) is 0 Å². The second-order valence-corrected chi connectivity index (χ2v) is 4.36. The minimum Gasteiger partial charge on any atom is -0.497 e. The van der Waals surface area contributed by atoms with E-state index in [0.29, 0.717) is 11.3 Å². The monoisotopic (exact) mass is 272 g/mol. The molecule has 5 heteroatoms. The minimum atomic E-state index is -0.410. The predicted octanol–water partition coefficient (Wildman–Crippen LogP) is 3.39. The first kappa shape index (κ1) is 12.5. The number of rotatable bonds is 3. The van der Waals surface area contributed by atoms with Gasteiger partial charge < -0.3 is 9.47 Å². The number of benzene rings is 2.